The fourth-order valence-electron chi connectivity index (χ4n) is 1.29. The Hall–Kier alpha value is -0.800. The summed E-state index contributed by atoms with van der Waals surface area (Å²) in [4.78, 5) is 0. The molecule has 1 rings (SSSR count). The number of aliphatic hydroxyl groups is 1. The Morgan fingerprint density at radius 3 is 2.71 bits per heavy atom. The van der Waals surface area contributed by atoms with Crippen molar-refractivity contribution in [2.24, 2.45) is 0 Å². The quantitative estimate of drug-likeness (QED) is 0.763. The molecular formula is C11H20N2O. The average molecular weight is 196 g/mol. The Kier molecular flexibility index (Phi) is 3.72. The highest BCUT2D eigenvalue weighted by Crippen LogP contribution is 2.05. The number of hydrogen-bond donors (Lipinski definition) is 2. The van der Waals surface area contributed by atoms with Gasteiger partial charge in [-0.15, -0.1) is 0 Å². The van der Waals surface area contributed by atoms with E-state index in [-0.39, 0.29) is 12.1 Å². The summed E-state index contributed by atoms with van der Waals surface area (Å²) in [6, 6.07) is 4.09. The van der Waals surface area contributed by atoms with Crippen molar-refractivity contribution >= 4 is 0 Å². The standard InChI is InChI=1S/C11H20N2O/c1-11(2,3)12-9-10-5-4-6-13(10)7-8-14/h4-6,12,14H,7-9H2,1-3H3. The average Bonchev–Trinajstić information content (AvgIpc) is 2.48. The summed E-state index contributed by atoms with van der Waals surface area (Å²) in [5.41, 5.74) is 1.35. The monoisotopic (exact) mass is 196 g/mol. The molecule has 3 nitrogen and oxygen atoms in total. The van der Waals surface area contributed by atoms with E-state index in [1.165, 1.54) is 5.69 Å². The second-order valence-electron chi connectivity index (χ2n) is 4.52. The van der Waals surface area contributed by atoms with Gasteiger partial charge in [0, 0.05) is 30.5 Å². The maximum absolute atomic E-state index is 8.85. The van der Waals surface area contributed by atoms with E-state index in [9.17, 15) is 0 Å². The third-order valence-corrected chi connectivity index (χ3v) is 2.06. The highest BCUT2D eigenvalue weighted by Gasteiger charge is 2.09. The van der Waals surface area contributed by atoms with Gasteiger partial charge in [-0.3, -0.25) is 0 Å². The zero-order valence-corrected chi connectivity index (χ0v) is 9.25. The van der Waals surface area contributed by atoms with E-state index >= 15 is 0 Å². The predicted octanol–water partition coefficient (Wildman–Crippen LogP) is 1.37. The van der Waals surface area contributed by atoms with E-state index in [2.05, 4.69) is 36.7 Å². The highest BCUT2D eigenvalue weighted by atomic mass is 16.3. The van der Waals surface area contributed by atoms with E-state index < -0.39 is 0 Å². The number of aromatic nitrogens is 1. The van der Waals surface area contributed by atoms with Crippen LogP contribution in [0.4, 0.5) is 0 Å². The lowest BCUT2D eigenvalue weighted by Crippen LogP contribution is -2.35. The molecule has 0 spiro atoms. The van der Waals surface area contributed by atoms with Gasteiger partial charge in [-0.25, -0.2) is 0 Å². The van der Waals surface area contributed by atoms with Crippen LogP contribution in [0, 0.1) is 0 Å². The van der Waals surface area contributed by atoms with Gasteiger partial charge in [-0.2, -0.15) is 0 Å². The van der Waals surface area contributed by atoms with Crippen molar-refractivity contribution in [3.63, 3.8) is 0 Å². The van der Waals surface area contributed by atoms with Crippen LogP contribution in [-0.2, 0) is 13.1 Å². The zero-order chi connectivity index (χ0) is 10.6. The number of nitrogens with one attached hydrogen (secondary N) is 1. The van der Waals surface area contributed by atoms with E-state index in [1.54, 1.807) is 0 Å². The molecule has 0 saturated heterocycles. The Morgan fingerprint density at radius 1 is 1.43 bits per heavy atom. The first-order valence-corrected chi connectivity index (χ1v) is 5.03. The summed E-state index contributed by atoms with van der Waals surface area (Å²) in [6.45, 7) is 8.15. The van der Waals surface area contributed by atoms with Crippen molar-refractivity contribution in [1.29, 1.82) is 0 Å². The molecule has 0 aliphatic carbocycles. The second kappa shape index (κ2) is 4.62. The molecule has 0 saturated carbocycles. The summed E-state index contributed by atoms with van der Waals surface area (Å²) in [5.74, 6) is 0. The first kappa shape index (κ1) is 11.3. The Balaban J connectivity index is 2.53. The maximum Gasteiger partial charge on any atom is 0.0610 e. The van der Waals surface area contributed by atoms with Crippen molar-refractivity contribution in [2.75, 3.05) is 6.61 Å². The van der Waals surface area contributed by atoms with Crippen LogP contribution in [0.5, 0.6) is 0 Å². The zero-order valence-electron chi connectivity index (χ0n) is 9.25. The lowest BCUT2D eigenvalue weighted by atomic mass is 10.1. The molecule has 14 heavy (non-hydrogen) atoms. The van der Waals surface area contributed by atoms with Crippen LogP contribution in [0.25, 0.3) is 0 Å². The molecule has 0 atom stereocenters. The fraction of sp³-hybridized carbons (Fsp3) is 0.636. The predicted molar refractivity (Wildman–Crippen MR) is 58.1 cm³/mol. The van der Waals surface area contributed by atoms with Gasteiger partial charge in [0.15, 0.2) is 0 Å². The minimum absolute atomic E-state index is 0.133. The van der Waals surface area contributed by atoms with Gasteiger partial charge >= 0.3 is 0 Å². The molecule has 80 valence electrons. The molecule has 1 aromatic heterocycles. The molecule has 0 bridgehead atoms. The topological polar surface area (TPSA) is 37.2 Å². The SMILES string of the molecule is CC(C)(C)NCc1cccn1CCO. The van der Waals surface area contributed by atoms with Crippen LogP contribution in [0.1, 0.15) is 26.5 Å². The van der Waals surface area contributed by atoms with Gasteiger partial charge in [0.05, 0.1) is 6.61 Å². The smallest absolute Gasteiger partial charge is 0.0610 e. The summed E-state index contributed by atoms with van der Waals surface area (Å²) in [5, 5.41) is 12.3. The lowest BCUT2D eigenvalue weighted by molar-refractivity contribution is 0.273. The number of rotatable bonds is 4. The van der Waals surface area contributed by atoms with Crippen LogP contribution in [0.15, 0.2) is 18.3 Å². The van der Waals surface area contributed by atoms with Crippen molar-refractivity contribution in [3.8, 4) is 0 Å². The second-order valence-corrected chi connectivity index (χ2v) is 4.52. The Labute approximate surface area is 85.7 Å². The maximum atomic E-state index is 8.85. The molecule has 0 unspecified atom stereocenters. The van der Waals surface area contributed by atoms with Gasteiger partial charge in [0.2, 0.25) is 0 Å². The molecule has 3 heteroatoms. The minimum atomic E-state index is 0.133. The molecular weight excluding hydrogens is 176 g/mol. The first-order valence-electron chi connectivity index (χ1n) is 5.03. The summed E-state index contributed by atoms with van der Waals surface area (Å²) in [6.07, 6.45) is 2.00. The van der Waals surface area contributed by atoms with Crippen LogP contribution < -0.4 is 5.32 Å². The molecule has 1 aromatic rings. The number of nitrogens with zero attached hydrogens (tertiary/aromatic N) is 1. The number of aliphatic hydroxyl groups excluding tert-OH is 1. The van der Waals surface area contributed by atoms with Gasteiger partial charge in [-0.1, -0.05) is 0 Å². The highest BCUT2D eigenvalue weighted by molar-refractivity contribution is 5.07. The van der Waals surface area contributed by atoms with Crippen LogP contribution in [0.3, 0.4) is 0 Å². The Bertz CT molecular complexity index is 273. The Morgan fingerprint density at radius 2 is 2.14 bits per heavy atom. The summed E-state index contributed by atoms with van der Waals surface area (Å²) < 4.78 is 2.07. The first-order chi connectivity index (χ1) is 6.53. The van der Waals surface area contributed by atoms with Crippen molar-refractivity contribution in [2.45, 2.75) is 39.4 Å². The molecule has 0 aliphatic rings. The van der Waals surface area contributed by atoms with Crippen LogP contribution in [0.2, 0.25) is 0 Å². The van der Waals surface area contributed by atoms with Crippen molar-refractivity contribution in [1.82, 2.24) is 9.88 Å². The fourth-order valence-corrected chi connectivity index (χ4v) is 1.29. The molecule has 0 aliphatic heterocycles. The van der Waals surface area contributed by atoms with Gasteiger partial charge in [0.1, 0.15) is 0 Å². The molecule has 0 amide bonds. The van der Waals surface area contributed by atoms with Crippen LogP contribution >= 0.6 is 0 Å². The van der Waals surface area contributed by atoms with E-state index in [0.29, 0.717) is 6.54 Å². The molecule has 2 N–H and O–H groups in total. The normalized spacial score (nSPS) is 12.0. The van der Waals surface area contributed by atoms with Crippen molar-refractivity contribution < 1.29 is 5.11 Å². The summed E-state index contributed by atoms with van der Waals surface area (Å²) in [7, 11) is 0. The molecule has 0 radical (unpaired) electrons. The summed E-state index contributed by atoms with van der Waals surface area (Å²) >= 11 is 0. The van der Waals surface area contributed by atoms with E-state index in [0.717, 1.165) is 6.54 Å². The third kappa shape index (κ3) is 3.52. The van der Waals surface area contributed by atoms with Gasteiger partial charge < -0.3 is 15.0 Å². The van der Waals surface area contributed by atoms with Crippen LogP contribution in [-0.4, -0.2) is 21.8 Å². The largest absolute Gasteiger partial charge is 0.395 e. The van der Waals surface area contributed by atoms with Gasteiger partial charge in [-0.05, 0) is 32.9 Å². The van der Waals surface area contributed by atoms with Gasteiger partial charge in [0.25, 0.3) is 0 Å². The van der Waals surface area contributed by atoms with E-state index in [4.69, 9.17) is 5.11 Å². The third-order valence-electron chi connectivity index (χ3n) is 2.06. The molecule has 1 heterocycles. The van der Waals surface area contributed by atoms with E-state index in [1.807, 2.05) is 12.3 Å². The molecule has 0 fully saturated rings. The number of hydrogen-bond acceptors (Lipinski definition) is 2. The van der Waals surface area contributed by atoms with Crippen molar-refractivity contribution in [3.05, 3.63) is 24.0 Å². The molecule has 0 aromatic carbocycles. The lowest BCUT2D eigenvalue weighted by Gasteiger charge is -2.21. The minimum Gasteiger partial charge on any atom is -0.395 e.